The molecule has 2 aromatic heterocycles. The van der Waals surface area contributed by atoms with Gasteiger partial charge in [-0.1, -0.05) is 23.8 Å². The molecule has 0 radical (unpaired) electrons. The van der Waals surface area contributed by atoms with E-state index in [1.54, 1.807) is 12.4 Å². The van der Waals surface area contributed by atoms with Crippen LogP contribution in [0.25, 0.3) is 10.9 Å². The lowest BCUT2D eigenvalue weighted by atomic mass is 10.1. The van der Waals surface area contributed by atoms with Crippen LogP contribution in [0.3, 0.4) is 0 Å². The van der Waals surface area contributed by atoms with E-state index in [2.05, 4.69) is 40.1 Å². The highest BCUT2D eigenvalue weighted by Crippen LogP contribution is 2.14. The van der Waals surface area contributed by atoms with E-state index < -0.39 is 0 Å². The van der Waals surface area contributed by atoms with Gasteiger partial charge in [-0.3, -0.25) is 0 Å². The molecular weight excluding hydrogens is 234 g/mol. The van der Waals surface area contributed by atoms with Gasteiger partial charge in [0.1, 0.15) is 0 Å². The van der Waals surface area contributed by atoms with Crippen molar-refractivity contribution in [2.75, 3.05) is 0 Å². The first-order valence-corrected chi connectivity index (χ1v) is 6.14. The molecule has 2 heterocycles. The van der Waals surface area contributed by atoms with E-state index in [-0.39, 0.29) is 0 Å². The molecule has 3 rings (SSSR count). The second-order valence-corrected chi connectivity index (χ2v) is 4.38. The van der Waals surface area contributed by atoms with Crippen LogP contribution in [0.15, 0.2) is 59.7 Å². The lowest BCUT2D eigenvalue weighted by molar-refractivity contribution is 1.27. The molecule has 0 fully saturated rings. The van der Waals surface area contributed by atoms with E-state index in [1.807, 2.05) is 30.3 Å². The second-order valence-electron chi connectivity index (χ2n) is 4.38. The van der Waals surface area contributed by atoms with Crippen LogP contribution in [0.5, 0.6) is 0 Å². The average molecular weight is 247 g/mol. The highest BCUT2D eigenvalue weighted by atomic mass is 14.9. The number of nitrogens with zero attached hydrogens (tertiary/aromatic N) is 3. The molecule has 0 N–H and O–H groups in total. The molecule has 3 aromatic rings. The third-order valence-electron chi connectivity index (χ3n) is 2.84. The predicted octanol–water partition coefficient (Wildman–Crippen LogP) is 3.69. The second kappa shape index (κ2) is 4.98. The molecule has 92 valence electrons. The third-order valence-corrected chi connectivity index (χ3v) is 2.84. The summed E-state index contributed by atoms with van der Waals surface area (Å²) in [5, 5.41) is 1.15. The van der Waals surface area contributed by atoms with Crippen molar-refractivity contribution in [1.29, 1.82) is 0 Å². The summed E-state index contributed by atoms with van der Waals surface area (Å²) >= 11 is 0. The van der Waals surface area contributed by atoms with Gasteiger partial charge in [0, 0.05) is 11.6 Å². The summed E-state index contributed by atoms with van der Waals surface area (Å²) < 4.78 is 0. The number of hydrogen-bond donors (Lipinski definition) is 0. The fraction of sp³-hybridized carbons (Fsp3) is 0.0625. The lowest BCUT2D eigenvalue weighted by Gasteiger charge is -2.00. The van der Waals surface area contributed by atoms with E-state index in [9.17, 15) is 0 Å². The summed E-state index contributed by atoms with van der Waals surface area (Å²) in [5.74, 6) is 0.688. The molecule has 0 aliphatic rings. The Kier molecular flexibility index (Phi) is 3.02. The van der Waals surface area contributed by atoms with Gasteiger partial charge < -0.3 is 0 Å². The minimum Gasteiger partial charge on any atom is -0.247 e. The number of aromatic nitrogens is 2. The molecule has 0 aliphatic heterocycles. The van der Waals surface area contributed by atoms with Gasteiger partial charge in [0.25, 0.3) is 0 Å². The maximum atomic E-state index is 4.55. The molecule has 0 unspecified atom stereocenters. The van der Waals surface area contributed by atoms with Crippen molar-refractivity contribution in [3.05, 3.63) is 66.0 Å². The van der Waals surface area contributed by atoms with Crippen LogP contribution in [-0.4, -0.2) is 16.2 Å². The summed E-state index contributed by atoms with van der Waals surface area (Å²) in [6.07, 6.45) is 3.46. The summed E-state index contributed by atoms with van der Waals surface area (Å²) in [7, 11) is 0. The maximum Gasteiger partial charge on any atom is 0.151 e. The Bertz CT molecular complexity index is 733. The van der Waals surface area contributed by atoms with Crippen molar-refractivity contribution in [2.45, 2.75) is 6.92 Å². The predicted molar refractivity (Wildman–Crippen MR) is 78.0 cm³/mol. The molecule has 0 saturated heterocycles. The average Bonchev–Trinajstić information content (AvgIpc) is 2.46. The van der Waals surface area contributed by atoms with Crippen LogP contribution >= 0.6 is 0 Å². The van der Waals surface area contributed by atoms with Gasteiger partial charge in [0.05, 0.1) is 17.4 Å². The maximum absolute atomic E-state index is 4.55. The topological polar surface area (TPSA) is 38.1 Å². The Morgan fingerprint density at radius 1 is 1.05 bits per heavy atom. The zero-order valence-corrected chi connectivity index (χ0v) is 10.6. The fourth-order valence-corrected chi connectivity index (χ4v) is 1.90. The minimum atomic E-state index is 0.688. The number of hydrogen-bond acceptors (Lipinski definition) is 3. The monoisotopic (exact) mass is 247 g/mol. The van der Waals surface area contributed by atoms with Crippen molar-refractivity contribution < 1.29 is 0 Å². The van der Waals surface area contributed by atoms with Crippen molar-refractivity contribution in [3.63, 3.8) is 0 Å². The van der Waals surface area contributed by atoms with Gasteiger partial charge in [-0.15, -0.1) is 0 Å². The smallest absolute Gasteiger partial charge is 0.151 e. The quantitative estimate of drug-likeness (QED) is 0.648. The summed E-state index contributed by atoms with van der Waals surface area (Å²) in [6, 6.07) is 15.9. The van der Waals surface area contributed by atoms with Gasteiger partial charge >= 0.3 is 0 Å². The molecule has 0 aliphatic carbocycles. The van der Waals surface area contributed by atoms with Crippen molar-refractivity contribution in [2.24, 2.45) is 4.99 Å². The Balaban J connectivity index is 1.94. The first kappa shape index (κ1) is 11.5. The van der Waals surface area contributed by atoms with Gasteiger partial charge in [0.15, 0.2) is 5.82 Å². The Morgan fingerprint density at radius 3 is 2.84 bits per heavy atom. The Morgan fingerprint density at radius 2 is 2.00 bits per heavy atom. The Hall–Kier alpha value is -2.55. The number of benzene rings is 1. The largest absolute Gasteiger partial charge is 0.247 e. The zero-order chi connectivity index (χ0) is 13.1. The minimum absolute atomic E-state index is 0.688. The van der Waals surface area contributed by atoms with Gasteiger partial charge in [0.2, 0.25) is 0 Å². The van der Waals surface area contributed by atoms with E-state index in [1.165, 1.54) is 5.56 Å². The van der Waals surface area contributed by atoms with E-state index in [0.717, 1.165) is 16.6 Å². The van der Waals surface area contributed by atoms with Crippen LogP contribution in [0.4, 0.5) is 5.82 Å². The standard InChI is InChI=1S/C16H13N3/c1-12-5-8-15-13(10-12)6-7-14(19-15)11-18-16-4-2-3-9-17-16/h2-11H,1H3. The van der Waals surface area contributed by atoms with Crippen molar-refractivity contribution in [3.8, 4) is 0 Å². The van der Waals surface area contributed by atoms with Crippen LogP contribution in [-0.2, 0) is 0 Å². The number of aryl methyl sites for hydroxylation is 1. The van der Waals surface area contributed by atoms with Crippen LogP contribution in [0.2, 0.25) is 0 Å². The summed E-state index contributed by atoms with van der Waals surface area (Å²) in [5.41, 5.74) is 3.06. The number of pyridine rings is 2. The third kappa shape index (κ3) is 2.65. The van der Waals surface area contributed by atoms with Crippen molar-refractivity contribution in [1.82, 2.24) is 9.97 Å². The highest BCUT2D eigenvalue weighted by molar-refractivity contribution is 5.86. The highest BCUT2D eigenvalue weighted by Gasteiger charge is 1.97. The zero-order valence-electron chi connectivity index (χ0n) is 10.6. The molecule has 0 spiro atoms. The number of aliphatic imine (C=N–C) groups is 1. The summed E-state index contributed by atoms with van der Waals surface area (Å²) in [6.45, 7) is 2.08. The first-order valence-electron chi connectivity index (χ1n) is 6.14. The van der Waals surface area contributed by atoms with E-state index in [4.69, 9.17) is 0 Å². The molecule has 0 amide bonds. The number of rotatable bonds is 2. The molecule has 1 aromatic carbocycles. The molecule has 0 atom stereocenters. The first-order chi connectivity index (χ1) is 9.31. The molecular formula is C16H13N3. The normalized spacial score (nSPS) is 11.2. The van der Waals surface area contributed by atoms with Crippen molar-refractivity contribution >= 4 is 22.9 Å². The molecule has 19 heavy (non-hydrogen) atoms. The lowest BCUT2D eigenvalue weighted by Crippen LogP contribution is -1.88. The van der Waals surface area contributed by atoms with Gasteiger partial charge in [-0.25, -0.2) is 15.0 Å². The van der Waals surface area contributed by atoms with Crippen LogP contribution in [0, 0.1) is 6.92 Å². The fourth-order valence-electron chi connectivity index (χ4n) is 1.90. The van der Waals surface area contributed by atoms with Gasteiger partial charge in [-0.05, 0) is 37.3 Å². The molecule has 3 heteroatoms. The Labute approximate surface area is 111 Å². The van der Waals surface area contributed by atoms with Gasteiger partial charge in [-0.2, -0.15) is 0 Å². The number of fused-ring (bicyclic) bond motifs is 1. The van der Waals surface area contributed by atoms with Crippen LogP contribution in [0.1, 0.15) is 11.3 Å². The van der Waals surface area contributed by atoms with E-state index >= 15 is 0 Å². The SMILES string of the molecule is Cc1ccc2nc(C=Nc3ccccn3)ccc2c1. The van der Waals surface area contributed by atoms with E-state index in [0.29, 0.717) is 5.82 Å². The molecule has 0 bridgehead atoms. The molecule has 3 nitrogen and oxygen atoms in total. The summed E-state index contributed by atoms with van der Waals surface area (Å²) in [4.78, 5) is 13.0. The van der Waals surface area contributed by atoms with Crippen LogP contribution < -0.4 is 0 Å². The molecule has 0 saturated carbocycles.